The van der Waals surface area contributed by atoms with Crippen LogP contribution in [0.4, 0.5) is 0 Å². The highest BCUT2D eigenvalue weighted by molar-refractivity contribution is 7.98. The fourth-order valence-corrected chi connectivity index (χ4v) is 2.47. The number of aromatic nitrogens is 2. The Labute approximate surface area is 92.5 Å². The second-order valence-electron chi connectivity index (χ2n) is 3.34. The average Bonchev–Trinajstić information content (AvgIpc) is 2.27. The number of carbonyl (C=O) groups excluding carboxylic acids is 1. The maximum absolute atomic E-state index is 11.2. The standard InChI is InChI=1S/C10H12N2O2S/c1-6(13)9-11-8-5-15-4-3-7(8)10(12-9)14-2/h3-5H2,1-2H3. The predicted molar refractivity (Wildman–Crippen MR) is 58.5 cm³/mol. The van der Waals surface area contributed by atoms with Crippen LogP contribution < -0.4 is 4.74 Å². The van der Waals surface area contributed by atoms with E-state index in [1.54, 1.807) is 7.11 Å². The molecule has 0 bridgehead atoms. The molecule has 0 saturated carbocycles. The number of hydrogen-bond acceptors (Lipinski definition) is 5. The average molecular weight is 224 g/mol. The van der Waals surface area contributed by atoms with Gasteiger partial charge in [-0.1, -0.05) is 0 Å². The van der Waals surface area contributed by atoms with Gasteiger partial charge in [0.05, 0.1) is 12.8 Å². The first kappa shape index (κ1) is 10.4. The highest BCUT2D eigenvalue weighted by atomic mass is 32.2. The minimum Gasteiger partial charge on any atom is -0.481 e. The molecule has 0 unspecified atom stereocenters. The van der Waals surface area contributed by atoms with Gasteiger partial charge in [-0.25, -0.2) is 4.98 Å². The van der Waals surface area contributed by atoms with Crippen molar-refractivity contribution in [2.45, 2.75) is 19.1 Å². The van der Waals surface area contributed by atoms with Crippen molar-refractivity contribution in [1.29, 1.82) is 0 Å². The molecule has 5 heteroatoms. The van der Waals surface area contributed by atoms with Gasteiger partial charge in [0.25, 0.3) is 0 Å². The first-order chi connectivity index (χ1) is 7.22. The maximum Gasteiger partial charge on any atom is 0.220 e. The van der Waals surface area contributed by atoms with E-state index >= 15 is 0 Å². The first-order valence-electron chi connectivity index (χ1n) is 4.75. The van der Waals surface area contributed by atoms with Crippen LogP contribution in [-0.4, -0.2) is 28.6 Å². The van der Waals surface area contributed by atoms with Gasteiger partial charge in [0.2, 0.25) is 5.88 Å². The quantitative estimate of drug-likeness (QED) is 0.712. The molecule has 0 saturated heterocycles. The molecule has 1 aromatic rings. The summed E-state index contributed by atoms with van der Waals surface area (Å²) in [6.07, 6.45) is 0.918. The fourth-order valence-electron chi connectivity index (χ4n) is 1.55. The zero-order chi connectivity index (χ0) is 10.8. The molecule has 1 aliphatic heterocycles. The highest BCUT2D eigenvalue weighted by Crippen LogP contribution is 2.28. The number of ether oxygens (including phenoxy) is 1. The summed E-state index contributed by atoms with van der Waals surface area (Å²) in [6, 6.07) is 0. The first-order valence-corrected chi connectivity index (χ1v) is 5.90. The van der Waals surface area contributed by atoms with E-state index in [2.05, 4.69) is 9.97 Å². The molecule has 2 rings (SSSR count). The van der Waals surface area contributed by atoms with Crippen molar-refractivity contribution in [2.75, 3.05) is 12.9 Å². The largest absolute Gasteiger partial charge is 0.481 e. The smallest absolute Gasteiger partial charge is 0.220 e. The second kappa shape index (κ2) is 4.18. The third-order valence-corrected chi connectivity index (χ3v) is 3.27. The number of methoxy groups -OCH3 is 1. The molecule has 2 heterocycles. The van der Waals surface area contributed by atoms with Crippen molar-refractivity contribution in [2.24, 2.45) is 0 Å². The van der Waals surface area contributed by atoms with Crippen molar-refractivity contribution in [1.82, 2.24) is 9.97 Å². The Hall–Kier alpha value is -1.10. The fraction of sp³-hybridized carbons (Fsp3) is 0.500. The summed E-state index contributed by atoms with van der Waals surface area (Å²) in [5, 5.41) is 0. The Balaban J connectivity index is 2.52. The van der Waals surface area contributed by atoms with E-state index in [4.69, 9.17) is 4.74 Å². The van der Waals surface area contributed by atoms with Crippen LogP contribution in [0.5, 0.6) is 5.88 Å². The van der Waals surface area contributed by atoms with Gasteiger partial charge in [0, 0.05) is 18.2 Å². The predicted octanol–water partition coefficient (Wildman–Crippen LogP) is 1.48. The van der Waals surface area contributed by atoms with Gasteiger partial charge in [0.1, 0.15) is 0 Å². The summed E-state index contributed by atoms with van der Waals surface area (Å²) in [7, 11) is 1.58. The number of ketones is 1. The van der Waals surface area contributed by atoms with Gasteiger partial charge < -0.3 is 4.74 Å². The number of thioether (sulfide) groups is 1. The minimum atomic E-state index is -0.119. The molecule has 0 radical (unpaired) electrons. The molecule has 4 nitrogen and oxygen atoms in total. The molecular formula is C10H12N2O2S. The van der Waals surface area contributed by atoms with Crippen LogP contribution in [0, 0.1) is 0 Å². The molecule has 1 aromatic heterocycles. The van der Waals surface area contributed by atoms with Gasteiger partial charge in [-0.05, 0) is 12.2 Å². The lowest BCUT2D eigenvalue weighted by molar-refractivity contribution is 0.100. The van der Waals surface area contributed by atoms with Crippen molar-refractivity contribution in [3.05, 3.63) is 17.1 Å². The van der Waals surface area contributed by atoms with Crippen molar-refractivity contribution in [3.8, 4) is 5.88 Å². The molecule has 0 aromatic carbocycles. The Bertz CT molecular complexity index is 389. The van der Waals surface area contributed by atoms with E-state index in [1.807, 2.05) is 11.8 Å². The summed E-state index contributed by atoms with van der Waals surface area (Å²) in [5.41, 5.74) is 2.00. The van der Waals surface area contributed by atoms with Gasteiger partial charge in [-0.3, -0.25) is 4.79 Å². The molecule has 0 fully saturated rings. The lowest BCUT2D eigenvalue weighted by atomic mass is 10.1. The molecule has 1 aliphatic rings. The summed E-state index contributed by atoms with van der Waals surface area (Å²) in [4.78, 5) is 19.6. The molecule has 0 amide bonds. The lowest BCUT2D eigenvalue weighted by Gasteiger charge is -2.17. The van der Waals surface area contributed by atoms with Crippen molar-refractivity contribution >= 4 is 17.5 Å². The number of hydrogen-bond donors (Lipinski definition) is 0. The zero-order valence-electron chi connectivity index (χ0n) is 8.74. The van der Waals surface area contributed by atoms with E-state index in [0.717, 1.165) is 29.2 Å². The van der Waals surface area contributed by atoms with Gasteiger partial charge in [0.15, 0.2) is 11.6 Å². The molecule has 0 aliphatic carbocycles. The summed E-state index contributed by atoms with van der Waals surface area (Å²) >= 11 is 1.82. The number of rotatable bonds is 2. The van der Waals surface area contributed by atoms with Crippen LogP contribution in [0.3, 0.4) is 0 Å². The summed E-state index contributed by atoms with van der Waals surface area (Å²) in [6.45, 7) is 1.47. The lowest BCUT2D eigenvalue weighted by Crippen LogP contribution is -2.13. The topological polar surface area (TPSA) is 52.1 Å². The number of carbonyl (C=O) groups is 1. The molecule has 80 valence electrons. The van der Waals surface area contributed by atoms with Crippen LogP contribution in [0.1, 0.15) is 28.8 Å². The normalized spacial score (nSPS) is 14.5. The van der Waals surface area contributed by atoms with Gasteiger partial charge in [-0.15, -0.1) is 0 Å². The Morgan fingerprint density at radius 3 is 2.93 bits per heavy atom. The van der Waals surface area contributed by atoms with Gasteiger partial charge in [-0.2, -0.15) is 16.7 Å². The monoisotopic (exact) mass is 224 g/mol. The number of Topliss-reactive ketones (excluding diaryl/α,β-unsaturated/α-hetero) is 1. The third kappa shape index (κ3) is 1.97. The Morgan fingerprint density at radius 1 is 1.47 bits per heavy atom. The van der Waals surface area contributed by atoms with E-state index in [0.29, 0.717) is 5.88 Å². The third-order valence-electron chi connectivity index (χ3n) is 2.30. The number of fused-ring (bicyclic) bond motifs is 1. The van der Waals surface area contributed by atoms with Crippen molar-refractivity contribution < 1.29 is 9.53 Å². The second-order valence-corrected chi connectivity index (χ2v) is 4.45. The van der Waals surface area contributed by atoms with Gasteiger partial charge >= 0.3 is 0 Å². The summed E-state index contributed by atoms with van der Waals surface area (Å²) < 4.78 is 5.19. The molecule has 0 spiro atoms. The van der Waals surface area contributed by atoms with E-state index in [9.17, 15) is 4.79 Å². The molecule has 15 heavy (non-hydrogen) atoms. The van der Waals surface area contributed by atoms with E-state index < -0.39 is 0 Å². The van der Waals surface area contributed by atoms with Crippen molar-refractivity contribution in [3.63, 3.8) is 0 Å². The maximum atomic E-state index is 11.2. The Morgan fingerprint density at radius 2 is 2.27 bits per heavy atom. The molecule has 0 N–H and O–H groups in total. The van der Waals surface area contributed by atoms with E-state index in [-0.39, 0.29) is 11.6 Å². The van der Waals surface area contributed by atoms with Crippen LogP contribution in [-0.2, 0) is 12.2 Å². The van der Waals surface area contributed by atoms with Crippen LogP contribution >= 0.6 is 11.8 Å². The Kier molecular flexibility index (Phi) is 2.90. The SMILES string of the molecule is COc1nc(C(C)=O)nc2c1CCSC2. The molecule has 0 atom stereocenters. The van der Waals surface area contributed by atoms with Crippen LogP contribution in [0.25, 0.3) is 0 Å². The minimum absolute atomic E-state index is 0.119. The highest BCUT2D eigenvalue weighted by Gasteiger charge is 2.19. The molecular weight excluding hydrogens is 212 g/mol. The van der Waals surface area contributed by atoms with E-state index in [1.165, 1.54) is 6.92 Å². The number of nitrogens with zero attached hydrogens (tertiary/aromatic N) is 2. The van der Waals surface area contributed by atoms with Crippen LogP contribution in [0.2, 0.25) is 0 Å². The van der Waals surface area contributed by atoms with Crippen LogP contribution in [0.15, 0.2) is 0 Å². The summed E-state index contributed by atoms with van der Waals surface area (Å²) in [5.74, 6) is 2.60. The zero-order valence-corrected chi connectivity index (χ0v) is 9.56.